The van der Waals surface area contributed by atoms with Crippen LogP contribution >= 0.6 is 0 Å². The van der Waals surface area contributed by atoms with Gasteiger partial charge in [-0.2, -0.15) is 9.36 Å². The average molecular weight is 163 g/mol. The van der Waals surface area contributed by atoms with Crippen LogP contribution in [0.4, 0.5) is 0 Å². The third kappa shape index (κ3) is 0.965. The van der Waals surface area contributed by atoms with Crippen molar-refractivity contribution in [3.8, 4) is 0 Å². The third-order valence-electron chi connectivity index (χ3n) is 1.28. The highest BCUT2D eigenvalue weighted by Gasteiger charge is 2.02. The highest BCUT2D eigenvalue weighted by atomic mass is 15.5. The SMILES string of the molecule is N=C(n1ccnn1)n1ccnn1. The standard InChI is InChI=1S/C5H5N7/c6-5(11-3-1-7-9-11)12-4-2-8-10-12/h1-4,6H. The van der Waals surface area contributed by atoms with Crippen LogP contribution in [0.3, 0.4) is 0 Å². The van der Waals surface area contributed by atoms with Crippen LogP contribution in [0.15, 0.2) is 24.8 Å². The van der Waals surface area contributed by atoms with Gasteiger partial charge in [-0.25, -0.2) is 0 Å². The van der Waals surface area contributed by atoms with Crippen molar-refractivity contribution in [2.75, 3.05) is 0 Å². The number of hydrogen-bond donors (Lipinski definition) is 1. The fourth-order valence-corrected chi connectivity index (χ4v) is 0.747. The van der Waals surface area contributed by atoms with E-state index in [4.69, 9.17) is 5.41 Å². The summed E-state index contributed by atoms with van der Waals surface area (Å²) in [6.45, 7) is 0. The normalized spacial score (nSPS) is 10.0. The zero-order chi connectivity index (χ0) is 8.39. The molecule has 0 spiro atoms. The average Bonchev–Trinajstić information content (AvgIpc) is 2.77. The molecule has 7 heteroatoms. The summed E-state index contributed by atoms with van der Waals surface area (Å²) in [5.41, 5.74) is 0. The molecule has 12 heavy (non-hydrogen) atoms. The van der Waals surface area contributed by atoms with Crippen LogP contribution in [0.2, 0.25) is 0 Å². The Kier molecular flexibility index (Phi) is 1.40. The zero-order valence-electron chi connectivity index (χ0n) is 5.99. The summed E-state index contributed by atoms with van der Waals surface area (Å²) in [4.78, 5) is 0. The summed E-state index contributed by atoms with van der Waals surface area (Å²) < 4.78 is 2.57. The van der Waals surface area contributed by atoms with E-state index in [0.717, 1.165) is 0 Å². The molecule has 0 aliphatic carbocycles. The molecule has 0 saturated carbocycles. The monoisotopic (exact) mass is 163 g/mol. The molecule has 0 atom stereocenters. The van der Waals surface area contributed by atoms with Gasteiger partial charge >= 0.3 is 0 Å². The molecule has 0 amide bonds. The van der Waals surface area contributed by atoms with Gasteiger partial charge in [0.2, 0.25) is 5.96 Å². The Labute approximate surface area is 67.1 Å². The molecule has 1 N–H and O–H groups in total. The predicted octanol–water partition coefficient (Wildman–Crippen LogP) is -0.799. The molecule has 0 bridgehead atoms. The van der Waals surface area contributed by atoms with Gasteiger partial charge in [0.05, 0.1) is 24.8 Å². The molecule has 0 fully saturated rings. The van der Waals surface area contributed by atoms with Crippen molar-refractivity contribution in [3.05, 3.63) is 24.8 Å². The van der Waals surface area contributed by atoms with E-state index in [1.54, 1.807) is 12.4 Å². The highest BCUT2D eigenvalue weighted by Crippen LogP contribution is 1.84. The molecule has 0 radical (unpaired) electrons. The Morgan fingerprint density at radius 3 is 1.83 bits per heavy atom. The fourth-order valence-electron chi connectivity index (χ4n) is 0.747. The molecule has 7 nitrogen and oxygen atoms in total. The lowest BCUT2D eigenvalue weighted by atomic mass is 10.8. The van der Waals surface area contributed by atoms with Crippen molar-refractivity contribution in [2.45, 2.75) is 0 Å². The maximum Gasteiger partial charge on any atom is 0.247 e. The van der Waals surface area contributed by atoms with Gasteiger partial charge in [-0.1, -0.05) is 10.4 Å². The van der Waals surface area contributed by atoms with Crippen LogP contribution in [0, 0.1) is 5.41 Å². The minimum absolute atomic E-state index is 0.0880. The Morgan fingerprint density at radius 1 is 1.00 bits per heavy atom. The Hall–Kier alpha value is -2.05. The van der Waals surface area contributed by atoms with Crippen LogP contribution in [0.1, 0.15) is 0 Å². The molecule has 60 valence electrons. The molecule has 0 aromatic carbocycles. The van der Waals surface area contributed by atoms with Crippen molar-refractivity contribution in [1.29, 1.82) is 5.41 Å². The first-order valence-electron chi connectivity index (χ1n) is 3.20. The van der Waals surface area contributed by atoms with Gasteiger partial charge in [0.15, 0.2) is 0 Å². The van der Waals surface area contributed by atoms with E-state index >= 15 is 0 Å². The summed E-state index contributed by atoms with van der Waals surface area (Å²) >= 11 is 0. The summed E-state index contributed by atoms with van der Waals surface area (Å²) in [6, 6.07) is 0. The topological polar surface area (TPSA) is 85.3 Å². The van der Waals surface area contributed by atoms with E-state index in [9.17, 15) is 0 Å². The number of nitrogens with one attached hydrogen (secondary N) is 1. The summed E-state index contributed by atoms with van der Waals surface area (Å²) in [7, 11) is 0. The lowest BCUT2D eigenvalue weighted by Crippen LogP contribution is -2.21. The minimum Gasteiger partial charge on any atom is -0.265 e. The van der Waals surface area contributed by atoms with E-state index in [2.05, 4.69) is 20.6 Å². The van der Waals surface area contributed by atoms with Crippen molar-refractivity contribution < 1.29 is 0 Å². The molecule has 0 aliphatic rings. The second-order valence-corrected chi connectivity index (χ2v) is 2.02. The highest BCUT2D eigenvalue weighted by molar-refractivity contribution is 5.79. The number of hydrogen-bond acceptors (Lipinski definition) is 5. The predicted molar refractivity (Wildman–Crippen MR) is 38.6 cm³/mol. The molecular formula is C5H5N7. The van der Waals surface area contributed by atoms with Gasteiger partial charge in [-0.3, -0.25) is 5.41 Å². The first kappa shape index (κ1) is 6.65. The first-order chi connectivity index (χ1) is 5.88. The van der Waals surface area contributed by atoms with Crippen molar-refractivity contribution in [2.24, 2.45) is 0 Å². The molecular weight excluding hydrogens is 158 g/mol. The van der Waals surface area contributed by atoms with Crippen LogP contribution in [-0.2, 0) is 0 Å². The third-order valence-corrected chi connectivity index (χ3v) is 1.28. The molecule has 0 unspecified atom stereocenters. The smallest absolute Gasteiger partial charge is 0.247 e. The summed E-state index contributed by atoms with van der Waals surface area (Å²) in [5.74, 6) is 0.0880. The van der Waals surface area contributed by atoms with E-state index in [1.807, 2.05) is 0 Å². The maximum absolute atomic E-state index is 7.52. The van der Waals surface area contributed by atoms with E-state index in [-0.39, 0.29) is 5.96 Å². The summed E-state index contributed by atoms with van der Waals surface area (Å²) in [6.07, 6.45) is 6.10. The molecule has 2 aromatic rings. The molecule has 0 saturated heterocycles. The van der Waals surface area contributed by atoms with E-state index < -0.39 is 0 Å². The molecule has 2 aromatic heterocycles. The number of aromatic nitrogens is 6. The van der Waals surface area contributed by atoms with Gasteiger partial charge in [-0.05, 0) is 0 Å². The quantitative estimate of drug-likeness (QED) is 0.407. The second-order valence-electron chi connectivity index (χ2n) is 2.02. The minimum atomic E-state index is 0.0880. The Bertz CT molecular complexity index is 322. The fraction of sp³-hybridized carbons (Fsp3) is 0. The van der Waals surface area contributed by atoms with Crippen LogP contribution in [0.25, 0.3) is 0 Å². The molecule has 0 aliphatic heterocycles. The van der Waals surface area contributed by atoms with Gasteiger partial charge in [0.25, 0.3) is 0 Å². The Morgan fingerprint density at radius 2 is 1.50 bits per heavy atom. The van der Waals surface area contributed by atoms with Crippen molar-refractivity contribution in [1.82, 2.24) is 30.0 Å². The summed E-state index contributed by atoms with van der Waals surface area (Å²) in [5, 5.41) is 21.9. The van der Waals surface area contributed by atoms with Crippen molar-refractivity contribution >= 4 is 5.96 Å². The van der Waals surface area contributed by atoms with Gasteiger partial charge in [-0.15, -0.1) is 10.2 Å². The lowest BCUT2D eigenvalue weighted by Gasteiger charge is -1.98. The Balaban J connectivity index is 2.34. The largest absolute Gasteiger partial charge is 0.265 e. The second kappa shape index (κ2) is 2.53. The van der Waals surface area contributed by atoms with Crippen LogP contribution in [0.5, 0.6) is 0 Å². The first-order valence-corrected chi connectivity index (χ1v) is 3.20. The zero-order valence-corrected chi connectivity index (χ0v) is 5.99. The lowest BCUT2D eigenvalue weighted by molar-refractivity contribution is 0.744. The van der Waals surface area contributed by atoms with Gasteiger partial charge < -0.3 is 0 Å². The van der Waals surface area contributed by atoms with Gasteiger partial charge in [0.1, 0.15) is 0 Å². The maximum atomic E-state index is 7.52. The molecule has 2 rings (SSSR count). The molecule has 2 heterocycles. The van der Waals surface area contributed by atoms with Gasteiger partial charge in [0, 0.05) is 0 Å². The number of nitrogens with zero attached hydrogens (tertiary/aromatic N) is 6. The van der Waals surface area contributed by atoms with Crippen LogP contribution in [-0.4, -0.2) is 35.9 Å². The number of rotatable bonds is 0. The van der Waals surface area contributed by atoms with Crippen molar-refractivity contribution in [3.63, 3.8) is 0 Å². The van der Waals surface area contributed by atoms with E-state index in [1.165, 1.54) is 21.8 Å². The van der Waals surface area contributed by atoms with Crippen LogP contribution < -0.4 is 0 Å². The van der Waals surface area contributed by atoms with E-state index in [0.29, 0.717) is 0 Å².